The van der Waals surface area contributed by atoms with E-state index in [-0.39, 0.29) is 16.8 Å². The minimum absolute atomic E-state index is 0.0767. The Labute approximate surface area is 166 Å². The van der Waals surface area contributed by atoms with Gasteiger partial charge in [-0.1, -0.05) is 66.7 Å². The first-order valence-electron chi connectivity index (χ1n) is 9.07. The van der Waals surface area contributed by atoms with Crippen LogP contribution in [0.1, 0.15) is 24.1 Å². The van der Waals surface area contributed by atoms with Crippen molar-refractivity contribution in [2.45, 2.75) is 24.3 Å². The van der Waals surface area contributed by atoms with E-state index in [4.69, 9.17) is 0 Å². The van der Waals surface area contributed by atoms with Gasteiger partial charge in [-0.3, -0.25) is 4.79 Å². The predicted molar refractivity (Wildman–Crippen MR) is 112 cm³/mol. The molecular formula is C23H23NO3S. The van der Waals surface area contributed by atoms with E-state index in [9.17, 15) is 13.2 Å². The second-order valence-corrected chi connectivity index (χ2v) is 8.89. The Bertz CT molecular complexity index is 1040. The van der Waals surface area contributed by atoms with Crippen molar-refractivity contribution < 1.29 is 13.2 Å². The summed E-state index contributed by atoms with van der Waals surface area (Å²) in [6.45, 7) is 1.88. The second-order valence-electron chi connectivity index (χ2n) is 6.87. The van der Waals surface area contributed by atoms with Gasteiger partial charge in [0, 0.05) is 6.26 Å². The predicted octanol–water partition coefficient (Wildman–Crippen LogP) is 4.18. The van der Waals surface area contributed by atoms with Crippen LogP contribution in [-0.4, -0.2) is 20.6 Å². The number of hydrogen-bond acceptors (Lipinski definition) is 3. The standard InChI is InChI=1S/C23H23NO3S/c1-17(19-12-14-22(15-13-19)28(2,26)27)24-23(25)16-18-8-10-21(11-9-18)20-6-4-3-5-7-20/h3-15,17H,16H2,1-2H3,(H,24,25)/t17-/m0/s1. The lowest BCUT2D eigenvalue weighted by Crippen LogP contribution is -2.28. The zero-order valence-corrected chi connectivity index (χ0v) is 16.7. The maximum absolute atomic E-state index is 12.4. The van der Waals surface area contributed by atoms with Gasteiger partial charge in [-0.2, -0.15) is 0 Å². The summed E-state index contributed by atoms with van der Waals surface area (Å²) in [6.07, 6.45) is 1.47. The normalized spacial score (nSPS) is 12.4. The molecule has 0 saturated heterocycles. The van der Waals surface area contributed by atoms with E-state index in [0.717, 1.165) is 22.3 Å². The average Bonchev–Trinajstić information content (AvgIpc) is 2.68. The van der Waals surface area contributed by atoms with Gasteiger partial charge in [-0.15, -0.1) is 0 Å². The Hall–Kier alpha value is -2.92. The maximum atomic E-state index is 12.4. The molecule has 0 radical (unpaired) electrons. The molecule has 5 heteroatoms. The van der Waals surface area contributed by atoms with Crippen LogP contribution < -0.4 is 5.32 Å². The third-order valence-electron chi connectivity index (χ3n) is 4.61. The molecule has 0 heterocycles. The molecule has 1 amide bonds. The Kier molecular flexibility index (Phi) is 5.95. The fraction of sp³-hybridized carbons (Fsp3) is 0.174. The number of rotatable bonds is 6. The fourth-order valence-corrected chi connectivity index (χ4v) is 3.64. The van der Waals surface area contributed by atoms with Crippen molar-refractivity contribution in [3.05, 3.63) is 90.0 Å². The molecule has 28 heavy (non-hydrogen) atoms. The summed E-state index contributed by atoms with van der Waals surface area (Å²) in [5, 5.41) is 2.96. The summed E-state index contributed by atoms with van der Waals surface area (Å²) in [5.74, 6) is -0.0767. The zero-order valence-electron chi connectivity index (χ0n) is 15.9. The van der Waals surface area contributed by atoms with Crippen molar-refractivity contribution >= 4 is 15.7 Å². The Morgan fingerprint density at radius 3 is 2.00 bits per heavy atom. The van der Waals surface area contributed by atoms with Crippen LogP contribution in [0.25, 0.3) is 11.1 Å². The molecule has 3 aromatic carbocycles. The lowest BCUT2D eigenvalue weighted by Gasteiger charge is -2.15. The molecule has 0 unspecified atom stereocenters. The van der Waals surface area contributed by atoms with Crippen LogP contribution in [-0.2, 0) is 21.1 Å². The van der Waals surface area contributed by atoms with Gasteiger partial charge in [0.1, 0.15) is 0 Å². The lowest BCUT2D eigenvalue weighted by atomic mass is 10.0. The molecule has 0 aromatic heterocycles. The van der Waals surface area contributed by atoms with E-state index in [0.29, 0.717) is 6.42 Å². The van der Waals surface area contributed by atoms with Crippen LogP contribution in [0.4, 0.5) is 0 Å². The summed E-state index contributed by atoms with van der Waals surface area (Å²) >= 11 is 0. The summed E-state index contributed by atoms with van der Waals surface area (Å²) < 4.78 is 23.1. The summed E-state index contributed by atoms with van der Waals surface area (Å²) in [4.78, 5) is 12.6. The highest BCUT2D eigenvalue weighted by Gasteiger charge is 2.12. The van der Waals surface area contributed by atoms with E-state index in [1.807, 2.05) is 49.4 Å². The monoisotopic (exact) mass is 393 g/mol. The molecule has 4 nitrogen and oxygen atoms in total. The highest BCUT2D eigenvalue weighted by molar-refractivity contribution is 7.90. The van der Waals surface area contributed by atoms with Gasteiger partial charge in [-0.05, 0) is 41.3 Å². The fourth-order valence-electron chi connectivity index (χ4n) is 3.01. The first kappa shape index (κ1) is 19.8. The second kappa shape index (κ2) is 8.40. The van der Waals surface area contributed by atoms with Crippen molar-refractivity contribution in [3.63, 3.8) is 0 Å². The highest BCUT2D eigenvalue weighted by Crippen LogP contribution is 2.20. The van der Waals surface area contributed by atoms with Crippen molar-refractivity contribution in [2.75, 3.05) is 6.26 Å². The molecule has 1 atom stereocenters. The smallest absolute Gasteiger partial charge is 0.224 e. The number of benzene rings is 3. The van der Waals surface area contributed by atoms with Gasteiger partial charge in [0.15, 0.2) is 9.84 Å². The Morgan fingerprint density at radius 2 is 1.43 bits per heavy atom. The molecule has 3 aromatic rings. The molecule has 0 bridgehead atoms. The SMILES string of the molecule is C[C@H](NC(=O)Cc1ccc(-c2ccccc2)cc1)c1ccc(S(C)(=O)=O)cc1. The average molecular weight is 394 g/mol. The Balaban J connectivity index is 1.60. The summed E-state index contributed by atoms with van der Waals surface area (Å²) in [7, 11) is -3.22. The maximum Gasteiger partial charge on any atom is 0.224 e. The minimum atomic E-state index is -3.22. The number of sulfone groups is 1. The van der Waals surface area contributed by atoms with E-state index >= 15 is 0 Å². The molecular weight excluding hydrogens is 370 g/mol. The van der Waals surface area contributed by atoms with Gasteiger partial charge in [0.25, 0.3) is 0 Å². The lowest BCUT2D eigenvalue weighted by molar-refractivity contribution is -0.121. The van der Waals surface area contributed by atoms with Gasteiger partial charge in [0.05, 0.1) is 17.4 Å². The van der Waals surface area contributed by atoms with Crippen molar-refractivity contribution in [1.29, 1.82) is 0 Å². The van der Waals surface area contributed by atoms with E-state index in [1.54, 1.807) is 24.3 Å². The van der Waals surface area contributed by atoms with Gasteiger partial charge >= 0.3 is 0 Å². The van der Waals surface area contributed by atoms with Crippen LogP contribution in [0.15, 0.2) is 83.8 Å². The minimum Gasteiger partial charge on any atom is -0.349 e. The summed E-state index contributed by atoms with van der Waals surface area (Å²) in [6, 6.07) is 24.5. The third-order valence-corrected chi connectivity index (χ3v) is 5.74. The first-order valence-corrected chi connectivity index (χ1v) is 11.0. The number of amides is 1. The topological polar surface area (TPSA) is 63.2 Å². The van der Waals surface area contributed by atoms with E-state index < -0.39 is 9.84 Å². The molecule has 0 aliphatic carbocycles. The van der Waals surface area contributed by atoms with Crippen LogP contribution in [0, 0.1) is 0 Å². The Morgan fingerprint density at radius 1 is 0.857 bits per heavy atom. The third kappa shape index (κ3) is 5.08. The molecule has 0 aliphatic heterocycles. The molecule has 0 fully saturated rings. The molecule has 0 spiro atoms. The van der Waals surface area contributed by atoms with Crippen LogP contribution in [0.5, 0.6) is 0 Å². The summed E-state index contributed by atoms with van der Waals surface area (Å²) in [5.41, 5.74) is 4.06. The molecule has 0 saturated carbocycles. The number of carbonyl (C=O) groups is 1. The van der Waals surface area contributed by atoms with Crippen LogP contribution >= 0.6 is 0 Å². The quantitative estimate of drug-likeness (QED) is 0.683. The molecule has 3 rings (SSSR count). The van der Waals surface area contributed by atoms with E-state index in [2.05, 4.69) is 17.4 Å². The van der Waals surface area contributed by atoms with Gasteiger partial charge < -0.3 is 5.32 Å². The molecule has 144 valence electrons. The van der Waals surface area contributed by atoms with Crippen LogP contribution in [0.3, 0.4) is 0 Å². The van der Waals surface area contributed by atoms with Crippen molar-refractivity contribution in [1.82, 2.24) is 5.32 Å². The van der Waals surface area contributed by atoms with E-state index in [1.165, 1.54) is 6.26 Å². The zero-order chi connectivity index (χ0) is 20.1. The highest BCUT2D eigenvalue weighted by atomic mass is 32.2. The number of carbonyl (C=O) groups excluding carboxylic acids is 1. The molecule has 1 N–H and O–H groups in total. The number of nitrogens with one attached hydrogen (secondary N) is 1. The number of hydrogen-bond donors (Lipinski definition) is 1. The van der Waals surface area contributed by atoms with Gasteiger partial charge in [0.2, 0.25) is 5.91 Å². The van der Waals surface area contributed by atoms with Crippen molar-refractivity contribution in [2.24, 2.45) is 0 Å². The van der Waals surface area contributed by atoms with Crippen LogP contribution in [0.2, 0.25) is 0 Å². The van der Waals surface area contributed by atoms with Gasteiger partial charge in [-0.25, -0.2) is 8.42 Å². The largest absolute Gasteiger partial charge is 0.349 e. The first-order chi connectivity index (χ1) is 13.3. The van der Waals surface area contributed by atoms with Crippen molar-refractivity contribution in [3.8, 4) is 11.1 Å². The molecule has 0 aliphatic rings.